The Morgan fingerprint density at radius 1 is 0.893 bits per heavy atom. The van der Waals surface area contributed by atoms with Crippen LogP contribution < -0.4 is 4.74 Å². The van der Waals surface area contributed by atoms with Crippen LogP contribution in [-0.4, -0.2) is 14.8 Å². The van der Waals surface area contributed by atoms with Gasteiger partial charge in [-0.1, -0.05) is 29.8 Å². The van der Waals surface area contributed by atoms with Gasteiger partial charge in [-0.05, 0) is 54.6 Å². The molecule has 1 aromatic heterocycles. The van der Waals surface area contributed by atoms with Gasteiger partial charge in [-0.25, -0.2) is 8.78 Å². The van der Waals surface area contributed by atoms with Gasteiger partial charge in [0.1, 0.15) is 24.0 Å². The summed E-state index contributed by atoms with van der Waals surface area (Å²) in [5, 5.41) is 8.42. The molecule has 0 bridgehead atoms. The predicted octanol–water partition coefficient (Wildman–Crippen LogP) is 5.44. The fourth-order valence-corrected chi connectivity index (χ4v) is 2.93. The zero-order chi connectivity index (χ0) is 19.5. The number of aromatic nitrogens is 3. The number of para-hydroxylation sites is 1. The SMILES string of the molecule is Fc1ccc(-c2nnc(COc3ccccc3)n2-c2ccc(F)c(Cl)c2)cc1. The quantitative estimate of drug-likeness (QED) is 0.450. The Labute approximate surface area is 165 Å². The van der Waals surface area contributed by atoms with Gasteiger partial charge in [0.2, 0.25) is 0 Å². The van der Waals surface area contributed by atoms with Crippen LogP contribution in [-0.2, 0) is 6.61 Å². The van der Waals surface area contributed by atoms with Gasteiger partial charge in [0.05, 0.1) is 10.7 Å². The van der Waals surface area contributed by atoms with Gasteiger partial charge in [-0.3, -0.25) is 4.57 Å². The van der Waals surface area contributed by atoms with Crippen molar-refractivity contribution in [2.24, 2.45) is 0 Å². The molecule has 0 N–H and O–H groups in total. The number of hydrogen-bond acceptors (Lipinski definition) is 3. The number of rotatable bonds is 5. The van der Waals surface area contributed by atoms with Crippen molar-refractivity contribution in [3.05, 3.63) is 95.3 Å². The summed E-state index contributed by atoms with van der Waals surface area (Å²) in [5.41, 5.74) is 1.22. The van der Waals surface area contributed by atoms with E-state index in [1.54, 1.807) is 22.8 Å². The van der Waals surface area contributed by atoms with E-state index in [9.17, 15) is 8.78 Å². The Balaban J connectivity index is 1.77. The number of benzene rings is 3. The molecule has 0 fully saturated rings. The standard InChI is InChI=1S/C21H14ClF2N3O/c22-18-12-16(10-11-19(18)24)27-20(13-28-17-4-2-1-3-5-17)25-26-21(27)14-6-8-15(23)9-7-14/h1-12H,13H2. The molecule has 4 nitrogen and oxygen atoms in total. The summed E-state index contributed by atoms with van der Waals surface area (Å²) < 4.78 is 34.5. The van der Waals surface area contributed by atoms with Crippen LogP contribution >= 0.6 is 11.6 Å². The molecule has 0 amide bonds. The highest BCUT2D eigenvalue weighted by Crippen LogP contribution is 2.26. The largest absolute Gasteiger partial charge is 0.486 e. The number of hydrogen-bond donors (Lipinski definition) is 0. The lowest BCUT2D eigenvalue weighted by Gasteiger charge is -2.12. The summed E-state index contributed by atoms with van der Waals surface area (Å²) >= 11 is 5.97. The number of ether oxygens (including phenoxy) is 1. The lowest BCUT2D eigenvalue weighted by atomic mass is 10.2. The van der Waals surface area contributed by atoms with Gasteiger partial charge in [-0.15, -0.1) is 10.2 Å². The van der Waals surface area contributed by atoms with Crippen LogP contribution in [0.2, 0.25) is 5.02 Å². The van der Waals surface area contributed by atoms with Crippen LogP contribution in [0.5, 0.6) is 5.75 Å². The average molecular weight is 398 g/mol. The van der Waals surface area contributed by atoms with E-state index < -0.39 is 5.82 Å². The zero-order valence-corrected chi connectivity index (χ0v) is 15.3. The third-order valence-electron chi connectivity index (χ3n) is 4.11. The molecule has 4 rings (SSSR count). The molecule has 4 aromatic rings. The van der Waals surface area contributed by atoms with Gasteiger partial charge < -0.3 is 4.74 Å². The lowest BCUT2D eigenvalue weighted by Crippen LogP contribution is -2.07. The molecule has 0 unspecified atom stereocenters. The molecule has 0 aliphatic heterocycles. The number of halogens is 3. The second kappa shape index (κ2) is 7.78. The Kier molecular flexibility index (Phi) is 5.04. The molecule has 28 heavy (non-hydrogen) atoms. The van der Waals surface area contributed by atoms with Crippen molar-refractivity contribution in [2.45, 2.75) is 6.61 Å². The predicted molar refractivity (Wildman–Crippen MR) is 102 cm³/mol. The van der Waals surface area contributed by atoms with Gasteiger partial charge in [0.25, 0.3) is 0 Å². The van der Waals surface area contributed by atoms with Crippen LogP contribution in [0, 0.1) is 11.6 Å². The molecule has 0 aliphatic carbocycles. The maximum Gasteiger partial charge on any atom is 0.175 e. The van der Waals surface area contributed by atoms with Crippen molar-refractivity contribution < 1.29 is 13.5 Å². The minimum Gasteiger partial charge on any atom is -0.486 e. The molecule has 0 saturated carbocycles. The van der Waals surface area contributed by atoms with Crippen molar-refractivity contribution in [3.8, 4) is 22.8 Å². The van der Waals surface area contributed by atoms with E-state index in [1.165, 1.54) is 24.3 Å². The first-order valence-electron chi connectivity index (χ1n) is 8.45. The molecular formula is C21H14ClF2N3O. The molecule has 3 aromatic carbocycles. The molecule has 0 aliphatic rings. The maximum atomic E-state index is 13.6. The maximum absolute atomic E-state index is 13.6. The first kappa shape index (κ1) is 18.1. The fourth-order valence-electron chi connectivity index (χ4n) is 2.76. The topological polar surface area (TPSA) is 39.9 Å². The summed E-state index contributed by atoms with van der Waals surface area (Å²) in [4.78, 5) is 0. The summed E-state index contributed by atoms with van der Waals surface area (Å²) in [6.07, 6.45) is 0. The smallest absolute Gasteiger partial charge is 0.175 e. The second-order valence-corrected chi connectivity index (χ2v) is 6.39. The van der Waals surface area contributed by atoms with Crippen LogP contribution in [0.4, 0.5) is 8.78 Å². The molecule has 0 atom stereocenters. The third kappa shape index (κ3) is 3.73. The summed E-state index contributed by atoms with van der Waals surface area (Å²) in [6, 6.07) is 19.5. The summed E-state index contributed by atoms with van der Waals surface area (Å²) in [6.45, 7) is 0.132. The molecule has 0 radical (unpaired) electrons. The molecule has 1 heterocycles. The summed E-state index contributed by atoms with van der Waals surface area (Å²) in [7, 11) is 0. The Morgan fingerprint density at radius 3 is 2.36 bits per heavy atom. The van der Waals surface area contributed by atoms with Gasteiger partial charge in [0.15, 0.2) is 11.6 Å². The molecule has 0 spiro atoms. The monoisotopic (exact) mass is 397 g/mol. The van der Waals surface area contributed by atoms with E-state index in [-0.39, 0.29) is 17.4 Å². The first-order valence-corrected chi connectivity index (χ1v) is 8.83. The Morgan fingerprint density at radius 2 is 1.64 bits per heavy atom. The first-order chi connectivity index (χ1) is 13.6. The van der Waals surface area contributed by atoms with Crippen molar-refractivity contribution in [3.63, 3.8) is 0 Å². The lowest BCUT2D eigenvalue weighted by molar-refractivity contribution is 0.293. The summed E-state index contributed by atoms with van der Waals surface area (Å²) in [5.74, 6) is 0.758. The normalized spacial score (nSPS) is 10.8. The van der Waals surface area contributed by atoms with Crippen molar-refractivity contribution in [1.29, 1.82) is 0 Å². The Bertz CT molecular complexity index is 1100. The highest BCUT2D eigenvalue weighted by atomic mass is 35.5. The minimum absolute atomic E-state index is 0.0221. The van der Waals surface area contributed by atoms with Crippen molar-refractivity contribution >= 4 is 11.6 Å². The van der Waals surface area contributed by atoms with E-state index in [0.29, 0.717) is 28.6 Å². The van der Waals surface area contributed by atoms with Gasteiger partial charge in [0, 0.05) is 5.56 Å². The Hall–Kier alpha value is -3.25. The average Bonchev–Trinajstić information content (AvgIpc) is 3.14. The van der Waals surface area contributed by atoms with Crippen LogP contribution in [0.3, 0.4) is 0 Å². The van der Waals surface area contributed by atoms with Gasteiger partial charge >= 0.3 is 0 Å². The second-order valence-electron chi connectivity index (χ2n) is 5.98. The molecule has 7 heteroatoms. The van der Waals surface area contributed by atoms with E-state index in [0.717, 1.165) is 0 Å². The molecule has 0 saturated heterocycles. The zero-order valence-electron chi connectivity index (χ0n) is 14.5. The van der Waals surface area contributed by atoms with Gasteiger partial charge in [-0.2, -0.15) is 0 Å². The minimum atomic E-state index is -0.524. The van der Waals surface area contributed by atoms with E-state index in [1.807, 2.05) is 30.3 Å². The fraction of sp³-hybridized carbons (Fsp3) is 0.0476. The van der Waals surface area contributed by atoms with E-state index in [2.05, 4.69) is 10.2 Å². The van der Waals surface area contributed by atoms with Crippen molar-refractivity contribution in [2.75, 3.05) is 0 Å². The van der Waals surface area contributed by atoms with E-state index in [4.69, 9.17) is 16.3 Å². The highest BCUT2D eigenvalue weighted by molar-refractivity contribution is 6.30. The van der Waals surface area contributed by atoms with Crippen LogP contribution in [0.1, 0.15) is 5.82 Å². The van der Waals surface area contributed by atoms with E-state index >= 15 is 0 Å². The number of nitrogens with zero attached hydrogens (tertiary/aromatic N) is 3. The molecular weight excluding hydrogens is 384 g/mol. The van der Waals surface area contributed by atoms with Crippen LogP contribution in [0.25, 0.3) is 17.1 Å². The third-order valence-corrected chi connectivity index (χ3v) is 4.39. The van der Waals surface area contributed by atoms with Crippen molar-refractivity contribution in [1.82, 2.24) is 14.8 Å². The highest BCUT2D eigenvalue weighted by Gasteiger charge is 2.17. The van der Waals surface area contributed by atoms with Crippen LogP contribution in [0.15, 0.2) is 72.8 Å². The molecule has 140 valence electrons.